The lowest BCUT2D eigenvalue weighted by atomic mass is 10.0. The number of hydrogen-bond acceptors (Lipinski definition) is 4. The first-order valence-corrected chi connectivity index (χ1v) is 7.06. The van der Waals surface area contributed by atoms with Crippen LogP contribution in [0.15, 0.2) is 35.1 Å². The Kier molecular flexibility index (Phi) is 4.93. The van der Waals surface area contributed by atoms with Crippen LogP contribution in [0.4, 0.5) is 0 Å². The fourth-order valence-corrected chi connectivity index (χ4v) is 2.36. The molecule has 102 valence electrons. The molecule has 6 heteroatoms. The van der Waals surface area contributed by atoms with E-state index in [2.05, 4.69) is 38.5 Å². The Hall–Kier alpha value is -1.40. The molecule has 1 unspecified atom stereocenters. The first-order valence-electron chi connectivity index (χ1n) is 6.26. The van der Waals surface area contributed by atoms with E-state index in [-0.39, 0.29) is 6.04 Å². The van der Waals surface area contributed by atoms with Crippen LogP contribution in [0, 0.1) is 0 Å². The Labute approximate surface area is 120 Å². The SMILES string of the molecule is CCC(NCCn1ccnn1)c1cc(Br)ccc1O. The van der Waals surface area contributed by atoms with Crippen molar-refractivity contribution in [1.82, 2.24) is 20.3 Å². The van der Waals surface area contributed by atoms with E-state index in [9.17, 15) is 5.11 Å². The maximum absolute atomic E-state index is 9.93. The van der Waals surface area contributed by atoms with Gasteiger partial charge in [0.05, 0.1) is 12.7 Å². The van der Waals surface area contributed by atoms with Crippen LogP contribution in [0.25, 0.3) is 0 Å². The molecule has 2 N–H and O–H groups in total. The molecule has 1 aromatic carbocycles. The first kappa shape index (κ1) is 14.0. The van der Waals surface area contributed by atoms with E-state index in [0.717, 1.165) is 29.5 Å². The van der Waals surface area contributed by atoms with Gasteiger partial charge in [0.2, 0.25) is 0 Å². The van der Waals surface area contributed by atoms with Crippen LogP contribution in [0.1, 0.15) is 24.9 Å². The minimum Gasteiger partial charge on any atom is -0.508 e. The number of benzene rings is 1. The van der Waals surface area contributed by atoms with Crippen molar-refractivity contribution in [3.8, 4) is 5.75 Å². The molecule has 0 aliphatic rings. The van der Waals surface area contributed by atoms with E-state index >= 15 is 0 Å². The van der Waals surface area contributed by atoms with Gasteiger partial charge in [-0.3, -0.25) is 4.68 Å². The first-order chi connectivity index (χ1) is 9.20. The van der Waals surface area contributed by atoms with Gasteiger partial charge in [0.25, 0.3) is 0 Å². The highest BCUT2D eigenvalue weighted by Gasteiger charge is 2.13. The highest BCUT2D eigenvalue weighted by Crippen LogP contribution is 2.29. The number of phenols is 1. The molecule has 5 nitrogen and oxygen atoms in total. The molecule has 1 aromatic heterocycles. The average molecular weight is 325 g/mol. The summed E-state index contributed by atoms with van der Waals surface area (Å²) in [6, 6.07) is 5.62. The molecule has 0 fully saturated rings. The minimum absolute atomic E-state index is 0.126. The molecule has 0 spiro atoms. The second-order valence-corrected chi connectivity index (χ2v) is 5.20. The van der Waals surface area contributed by atoms with Crippen molar-refractivity contribution >= 4 is 15.9 Å². The lowest BCUT2D eigenvalue weighted by Gasteiger charge is -2.18. The number of aromatic nitrogens is 3. The molecule has 0 saturated heterocycles. The van der Waals surface area contributed by atoms with E-state index in [4.69, 9.17) is 0 Å². The van der Waals surface area contributed by atoms with Gasteiger partial charge in [0.1, 0.15) is 5.75 Å². The highest BCUT2D eigenvalue weighted by molar-refractivity contribution is 9.10. The van der Waals surface area contributed by atoms with Gasteiger partial charge in [-0.25, -0.2) is 0 Å². The minimum atomic E-state index is 0.126. The Bertz CT molecular complexity index is 515. The lowest BCUT2D eigenvalue weighted by Crippen LogP contribution is -2.25. The highest BCUT2D eigenvalue weighted by atomic mass is 79.9. The van der Waals surface area contributed by atoms with Gasteiger partial charge in [-0.05, 0) is 24.6 Å². The molecular formula is C13H17BrN4O. The molecule has 0 saturated carbocycles. The number of halogens is 1. The van der Waals surface area contributed by atoms with Crippen molar-refractivity contribution in [2.24, 2.45) is 0 Å². The largest absolute Gasteiger partial charge is 0.508 e. The standard InChI is InChI=1S/C13H17BrN4O/c1-2-12(11-9-10(14)3-4-13(11)19)15-5-7-18-8-6-16-17-18/h3-4,6,8-9,12,15,19H,2,5,7H2,1H3. The summed E-state index contributed by atoms with van der Waals surface area (Å²) in [6.07, 6.45) is 4.40. The molecule has 1 heterocycles. The third-order valence-electron chi connectivity index (χ3n) is 2.98. The van der Waals surface area contributed by atoms with E-state index < -0.39 is 0 Å². The predicted molar refractivity (Wildman–Crippen MR) is 76.9 cm³/mol. The number of aromatic hydroxyl groups is 1. The van der Waals surface area contributed by atoms with Crippen LogP contribution < -0.4 is 5.32 Å². The molecule has 2 rings (SSSR count). The van der Waals surface area contributed by atoms with Crippen LogP contribution in [-0.4, -0.2) is 26.6 Å². The van der Waals surface area contributed by atoms with Gasteiger partial charge >= 0.3 is 0 Å². The summed E-state index contributed by atoms with van der Waals surface area (Å²) in [5.41, 5.74) is 0.912. The Morgan fingerprint density at radius 3 is 3.00 bits per heavy atom. The van der Waals surface area contributed by atoms with Crippen molar-refractivity contribution in [1.29, 1.82) is 0 Å². The van der Waals surface area contributed by atoms with Crippen LogP contribution in [0.2, 0.25) is 0 Å². The molecule has 19 heavy (non-hydrogen) atoms. The summed E-state index contributed by atoms with van der Waals surface area (Å²) in [7, 11) is 0. The summed E-state index contributed by atoms with van der Waals surface area (Å²) >= 11 is 3.43. The fourth-order valence-electron chi connectivity index (χ4n) is 1.98. The normalized spacial score (nSPS) is 12.5. The van der Waals surface area contributed by atoms with Gasteiger partial charge in [-0.15, -0.1) is 5.10 Å². The van der Waals surface area contributed by atoms with E-state index in [1.807, 2.05) is 18.3 Å². The van der Waals surface area contributed by atoms with Crippen molar-refractivity contribution < 1.29 is 5.11 Å². The summed E-state index contributed by atoms with van der Waals surface area (Å²) in [4.78, 5) is 0. The smallest absolute Gasteiger partial charge is 0.120 e. The zero-order chi connectivity index (χ0) is 13.7. The second kappa shape index (κ2) is 6.68. The zero-order valence-electron chi connectivity index (χ0n) is 10.8. The number of nitrogens with zero attached hydrogens (tertiary/aromatic N) is 3. The van der Waals surface area contributed by atoms with E-state index in [1.165, 1.54) is 0 Å². The summed E-state index contributed by atoms with van der Waals surface area (Å²) in [5.74, 6) is 0.323. The Morgan fingerprint density at radius 1 is 1.47 bits per heavy atom. The summed E-state index contributed by atoms with van der Waals surface area (Å²) < 4.78 is 2.75. The second-order valence-electron chi connectivity index (χ2n) is 4.28. The van der Waals surface area contributed by atoms with Crippen LogP contribution in [0.5, 0.6) is 5.75 Å². The van der Waals surface area contributed by atoms with Gasteiger partial charge in [-0.1, -0.05) is 28.1 Å². The van der Waals surface area contributed by atoms with Crippen LogP contribution >= 0.6 is 15.9 Å². The monoisotopic (exact) mass is 324 g/mol. The van der Waals surface area contributed by atoms with Gasteiger partial charge in [-0.2, -0.15) is 0 Å². The average Bonchev–Trinajstić information content (AvgIpc) is 2.91. The van der Waals surface area contributed by atoms with Gasteiger partial charge < -0.3 is 10.4 Å². The van der Waals surface area contributed by atoms with Crippen molar-refractivity contribution in [2.75, 3.05) is 6.54 Å². The molecule has 0 aliphatic heterocycles. The molecule has 0 radical (unpaired) electrons. The van der Waals surface area contributed by atoms with Gasteiger partial charge in [0, 0.05) is 28.8 Å². The quantitative estimate of drug-likeness (QED) is 0.856. The number of rotatable bonds is 6. The Balaban J connectivity index is 1.97. The molecule has 2 aromatic rings. The van der Waals surface area contributed by atoms with E-state index in [1.54, 1.807) is 16.9 Å². The van der Waals surface area contributed by atoms with Crippen LogP contribution in [-0.2, 0) is 6.54 Å². The number of hydrogen-bond donors (Lipinski definition) is 2. The summed E-state index contributed by atoms with van der Waals surface area (Å²) in [6.45, 7) is 3.62. The van der Waals surface area contributed by atoms with Crippen molar-refractivity contribution in [3.63, 3.8) is 0 Å². The van der Waals surface area contributed by atoms with Crippen molar-refractivity contribution in [2.45, 2.75) is 25.9 Å². The number of phenolic OH excluding ortho intramolecular Hbond substituents is 1. The summed E-state index contributed by atoms with van der Waals surface area (Å²) in [5, 5.41) is 21.0. The number of nitrogens with one attached hydrogen (secondary N) is 1. The molecule has 1 atom stereocenters. The maximum Gasteiger partial charge on any atom is 0.120 e. The molecule has 0 bridgehead atoms. The fraction of sp³-hybridized carbons (Fsp3) is 0.385. The van der Waals surface area contributed by atoms with Crippen molar-refractivity contribution in [3.05, 3.63) is 40.6 Å². The zero-order valence-corrected chi connectivity index (χ0v) is 12.3. The maximum atomic E-state index is 9.93. The topological polar surface area (TPSA) is 63.0 Å². The van der Waals surface area contributed by atoms with Crippen LogP contribution in [0.3, 0.4) is 0 Å². The molecule has 0 aliphatic carbocycles. The van der Waals surface area contributed by atoms with Gasteiger partial charge in [0.15, 0.2) is 0 Å². The molecule has 0 amide bonds. The lowest BCUT2D eigenvalue weighted by molar-refractivity contribution is 0.430. The third-order valence-corrected chi connectivity index (χ3v) is 3.47. The van der Waals surface area contributed by atoms with E-state index in [0.29, 0.717) is 5.75 Å². The Morgan fingerprint density at radius 2 is 2.32 bits per heavy atom. The molecular weight excluding hydrogens is 308 g/mol. The predicted octanol–water partition coefficient (Wildman–Crippen LogP) is 2.49. The third kappa shape index (κ3) is 3.78.